The summed E-state index contributed by atoms with van der Waals surface area (Å²) < 4.78 is 14.0. The van der Waals surface area contributed by atoms with Crippen molar-refractivity contribution in [3.63, 3.8) is 0 Å². The van der Waals surface area contributed by atoms with Crippen molar-refractivity contribution in [3.05, 3.63) is 33.1 Å². The first kappa shape index (κ1) is 13.7. The molecule has 1 aliphatic heterocycles. The topological polar surface area (TPSA) is 32.3 Å². The number of nitrogens with zero attached hydrogens (tertiary/aromatic N) is 1. The molecule has 0 spiro atoms. The molecule has 1 N–H and O–H groups in total. The maximum Gasteiger partial charge on any atom is 0.253 e. The van der Waals surface area contributed by atoms with Gasteiger partial charge in [-0.1, -0.05) is 0 Å². The Morgan fingerprint density at radius 1 is 1.44 bits per heavy atom. The summed E-state index contributed by atoms with van der Waals surface area (Å²) in [6.45, 7) is 1.87. The lowest BCUT2D eigenvalue weighted by Gasteiger charge is -2.31. The van der Waals surface area contributed by atoms with Crippen LogP contribution in [0, 0.1) is 9.39 Å². The van der Waals surface area contributed by atoms with Crippen LogP contribution < -0.4 is 5.32 Å². The molecule has 1 heterocycles. The van der Waals surface area contributed by atoms with Crippen LogP contribution >= 0.6 is 22.6 Å². The van der Waals surface area contributed by atoms with E-state index < -0.39 is 0 Å². The van der Waals surface area contributed by atoms with Crippen LogP contribution in [0.5, 0.6) is 0 Å². The molecule has 1 aromatic rings. The number of carbonyl (C=O) groups is 1. The first-order valence-electron chi connectivity index (χ1n) is 6.02. The predicted octanol–water partition coefficient (Wildman–Crippen LogP) is 2.25. The number of benzene rings is 1. The van der Waals surface area contributed by atoms with Crippen LogP contribution in [-0.2, 0) is 0 Å². The average molecular weight is 362 g/mol. The third kappa shape index (κ3) is 3.00. The smallest absolute Gasteiger partial charge is 0.253 e. The van der Waals surface area contributed by atoms with E-state index in [1.54, 1.807) is 24.1 Å². The first-order chi connectivity index (χ1) is 8.59. The van der Waals surface area contributed by atoms with Crippen molar-refractivity contribution in [2.75, 3.05) is 20.1 Å². The van der Waals surface area contributed by atoms with Gasteiger partial charge in [-0.3, -0.25) is 4.79 Å². The Morgan fingerprint density at radius 2 is 2.11 bits per heavy atom. The normalized spacial score (nSPS) is 16.6. The van der Waals surface area contributed by atoms with Gasteiger partial charge in [0.25, 0.3) is 5.91 Å². The molecular weight excluding hydrogens is 346 g/mol. The molecule has 1 aliphatic rings. The second-order valence-corrected chi connectivity index (χ2v) is 5.69. The standard InChI is InChI=1S/C13H16FIN2O/c1-17(10-4-6-16-7-5-10)13(18)9-2-3-12(15)11(14)8-9/h2-3,8,10,16H,4-7H2,1H3. The molecule has 0 aliphatic carbocycles. The zero-order chi connectivity index (χ0) is 13.1. The molecule has 0 aromatic heterocycles. The number of piperidine rings is 1. The van der Waals surface area contributed by atoms with Gasteiger partial charge in [0, 0.05) is 22.2 Å². The molecule has 5 heteroatoms. The predicted molar refractivity (Wildman–Crippen MR) is 77.1 cm³/mol. The summed E-state index contributed by atoms with van der Waals surface area (Å²) in [6, 6.07) is 4.90. The van der Waals surface area contributed by atoms with Crippen molar-refractivity contribution in [2.45, 2.75) is 18.9 Å². The van der Waals surface area contributed by atoms with E-state index in [9.17, 15) is 9.18 Å². The third-order valence-corrected chi connectivity index (χ3v) is 4.22. The van der Waals surface area contributed by atoms with Gasteiger partial charge in [0.1, 0.15) is 5.82 Å². The van der Waals surface area contributed by atoms with Crippen molar-refractivity contribution in [1.29, 1.82) is 0 Å². The summed E-state index contributed by atoms with van der Waals surface area (Å²) >= 11 is 1.92. The molecule has 0 atom stereocenters. The Kier molecular flexibility index (Phi) is 4.55. The third-order valence-electron chi connectivity index (χ3n) is 3.34. The second-order valence-electron chi connectivity index (χ2n) is 4.53. The molecule has 0 radical (unpaired) electrons. The molecule has 3 nitrogen and oxygen atoms in total. The first-order valence-corrected chi connectivity index (χ1v) is 7.10. The van der Waals surface area contributed by atoms with Crippen LogP contribution in [0.25, 0.3) is 0 Å². The van der Waals surface area contributed by atoms with Crippen molar-refractivity contribution >= 4 is 28.5 Å². The summed E-state index contributed by atoms with van der Waals surface area (Å²) in [5.41, 5.74) is 0.425. The van der Waals surface area contributed by atoms with Gasteiger partial charge in [0.2, 0.25) is 0 Å². The number of amides is 1. The Bertz CT molecular complexity index is 447. The number of nitrogens with one attached hydrogen (secondary N) is 1. The SMILES string of the molecule is CN(C(=O)c1ccc(I)c(F)c1)C1CCNCC1. The fraction of sp³-hybridized carbons (Fsp3) is 0.462. The van der Waals surface area contributed by atoms with E-state index in [2.05, 4.69) is 5.32 Å². The maximum absolute atomic E-state index is 13.5. The zero-order valence-electron chi connectivity index (χ0n) is 10.2. The maximum atomic E-state index is 13.5. The number of hydrogen-bond acceptors (Lipinski definition) is 2. The number of hydrogen-bond donors (Lipinski definition) is 1. The van der Waals surface area contributed by atoms with Gasteiger partial charge in [-0.2, -0.15) is 0 Å². The quantitative estimate of drug-likeness (QED) is 0.819. The van der Waals surface area contributed by atoms with E-state index in [0.717, 1.165) is 25.9 Å². The molecule has 1 aromatic carbocycles. The summed E-state index contributed by atoms with van der Waals surface area (Å²) in [5, 5.41) is 3.27. The van der Waals surface area contributed by atoms with E-state index >= 15 is 0 Å². The van der Waals surface area contributed by atoms with E-state index in [1.165, 1.54) is 6.07 Å². The zero-order valence-corrected chi connectivity index (χ0v) is 12.4. The van der Waals surface area contributed by atoms with Gasteiger partial charge in [0.05, 0.1) is 0 Å². The molecule has 1 saturated heterocycles. The molecule has 2 rings (SSSR count). The lowest BCUT2D eigenvalue weighted by molar-refractivity contribution is 0.0702. The minimum Gasteiger partial charge on any atom is -0.339 e. The van der Waals surface area contributed by atoms with Gasteiger partial charge in [-0.25, -0.2) is 4.39 Å². The average Bonchev–Trinajstić information content (AvgIpc) is 2.41. The van der Waals surface area contributed by atoms with Gasteiger partial charge in [-0.05, 0) is 66.7 Å². The van der Waals surface area contributed by atoms with E-state index in [4.69, 9.17) is 0 Å². The Balaban J connectivity index is 2.11. The molecule has 1 amide bonds. The highest BCUT2D eigenvalue weighted by Gasteiger charge is 2.23. The number of carbonyl (C=O) groups excluding carboxylic acids is 1. The lowest BCUT2D eigenvalue weighted by atomic mass is 10.0. The van der Waals surface area contributed by atoms with Crippen molar-refractivity contribution in [2.24, 2.45) is 0 Å². The van der Waals surface area contributed by atoms with E-state index in [-0.39, 0.29) is 17.8 Å². The highest BCUT2D eigenvalue weighted by atomic mass is 127. The van der Waals surface area contributed by atoms with E-state index in [0.29, 0.717) is 9.13 Å². The van der Waals surface area contributed by atoms with E-state index in [1.807, 2.05) is 22.6 Å². The molecule has 98 valence electrons. The van der Waals surface area contributed by atoms with Crippen molar-refractivity contribution in [1.82, 2.24) is 10.2 Å². The highest BCUT2D eigenvalue weighted by molar-refractivity contribution is 14.1. The van der Waals surface area contributed by atoms with Crippen LogP contribution in [0.15, 0.2) is 18.2 Å². The number of halogens is 2. The molecule has 0 saturated carbocycles. The summed E-state index contributed by atoms with van der Waals surface area (Å²) in [6.07, 6.45) is 1.91. The molecule has 0 bridgehead atoms. The summed E-state index contributed by atoms with van der Waals surface area (Å²) in [5.74, 6) is -0.433. The minimum atomic E-state index is -0.333. The highest BCUT2D eigenvalue weighted by Crippen LogP contribution is 2.17. The largest absolute Gasteiger partial charge is 0.339 e. The second kappa shape index (κ2) is 5.97. The van der Waals surface area contributed by atoms with Crippen LogP contribution in [-0.4, -0.2) is 37.0 Å². The molecule has 18 heavy (non-hydrogen) atoms. The Labute approximate surface area is 120 Å². The minimum absolute atomic E-state index is 0.0998. The fourth-order valence-corrected chi connectivity index (χ4v) is 2.53. The molecule has 0 unspecified atom stereocenters. The van der Waals surface area contributed by atoms with Crippen molar-refractivity contribution in [3.8, 4) is 0 Å². The van der Waals surface area contributed by atoms with Crippen molar-refractivity contribution < 1.29 is 9.18 Å². The lowest BCUT2D eigenvalue weighted by Crippen LogP contribution is -2.44. The Hall–Kier alpha value is -0.690. The number of rotatable bonds is 2. The fourth-order valence-electron chi connectivity index (χ4n) is 2.19. The van der Waals surface area contributed by atoms with Crippen LogP contribution in [0.3, 0.4) is 0 Å². The molecular formula is C13H16FIN2O. The molecule has 1 fully saturated rings. The van der Waals surface area contributed by atoms with Gasteiger partial charge < -0.3 is 10.2 Å². The van der Waals surface area contributed by atoms with Gasteiger partial charge in [0.15, 0.2) is 0 Å². The summed E-state index contributed by atoms with van der Waals surface area (Å²) in [4.78, 5) is 14.0. The monoisotopic (exact) mass is 362 g/mol. The summed E-state index contributed by atoms with van der Waals surface area (Å²) in [7, 11) is 1.80. The van der Waals surface area contributed by atoms with Crippen LogP contribution in [0.4, 0.5) is 4.39 Å². The van der Waals surface area contributed by atoms with Crippen LogP contribution in [0.2, 0.25) is 0 Å². The van der Waals surface area contributed by atoms with Crippen LogP contribution in [0.1, 0.15) is 23.2 Å². The van der Waals surface area contributed by atoms with Gasteiger partial charge >= 0.3 is 0 Å². The Morgan fingerprint density at radius 3 is 2.72 bits per heavy atom. The van der Waals surface area contributed by atoms with Gasteiger partial charge in [-0.15, -0.1) is 0 Å².